The van der Waals surface area contributed by atoms with Crippen LogP contribution >= 0.6 is 11.3 Å². The highest BCUT2D eigenvalue weighted by Crippen LogP contribution is 2.27. The maximum atomic E-state index is 6.02. The van der Waals surface area contributed by atoms with Crippen molar-refractivity contribution in [3.8, 4) is 5.75 Å². The van der Waals surface area contributed by atoms with Crippen LogP contribution in [0.4, 0.5) is 0 Å². The van der Waals surface area contributed by atoms with Crippen molar-refractivity contribution in [1.29, 1.82) is 0 Å². The van der Waals surface area contributed by atoms with Gasteiger partial charge in [-0.15, -0.1) is 11.3 Å². The molecular formula is C17H18N2OS. The molecule has 21 heavy (non-hydrogen) atoms. The molecule has 0 saturated carbocycles. The molecule has 3 rings (SSSR count). The summed E-state index contributed by atoms with van der Waals surface area (Å²) in [5.74, 6) is 0.890. The summed E-state index contributed by atoms with van der Waals surface area (Å²) < 4.78 is 6.02. The number of aryl methyl sites for hydroxylation is 1. The van der Waals surface area contributed by atoms with Crippen LogP contribution in [0, 0.1) is 6.92 Å². The van der Waals surface area contributed by atoms with Crippen LogP contribution in [0.15, 0.2) is 42.6 Å². The zero-order valence-electron chi connectivity index (χ0n) is 12.2. The summed E-state index contributed by atoms with van der Waals surface area (Å²) in [4.78, 5) is 7.02. The Labute approximate surface area is 128 Å². The molecule has 0 aliphatic heterocycles. The Morgan fingerprint density at radius 1 is 1.24 bits per heavy atom. The van der Waals surface area contributed by atoms with Crippen LogP contribution in [-0.4, -0.2) is 12.0 Å². The van der Waals surface area contributed by atoms with Gasteiger partial charge in [-0.3, -0.25) is 4.98 Å². The number of nitrogens with zero attached hydrogens (tertiary/aromatic N) is 1. The molecule has 0 amide bonds. The molecule has 0 spiro atoms. The molecule has 0 bridgehead atoms. The Morgan fingerprint density at radius 3 is 3.00 bits per heavy atom. The maximum absolute atomic E-state index is 6.02. The van der Waals surface area contributed by atoms with Gasteiger partial charge in [0.1, 0.15) is 12.4 Å². The van der Waals surface area contributed by atoms with Gasteiger partial charge in [-0.25, -0.2) is 0 Å². The number of thiophene rings is 1. The normalized spacial score (nSPS) is 11.0. The smallest absolute Gasteiger partial charge is 0.129 e. The van der Waals surface area contributed by atoms with Crippen molar-refractivity contribution >= 4 is 22.2 Å². The standard InChI is InChI=1S/C17H18N2OS/c1-12-13(9-14(21-12)10-18-2)11-20-17-7-3-6-16-15(17)5-4-8-19-16/h3-9,18H,10-11H2,1-2H3. The van der Waals surface area contributed by atoms with Gasteiger partial charge in [-0.1, -0.05) is 6.07 Å². The summed E-state index contributed by atoms with van der Waals surface area (Å²) in [5.41, 5.74) is 2.22. The number of fused-ring (bicyclic) bond motifs is 1. The predicted molar refractivity (Wildman–Crippen MR) is 87.9 cm³/mol. The lowest BCUT2D eigenvalue weighted by molar-refractivity contribution is 0.310. The first-order valence-electron chi connectivity index (χ1n) is 6.97. The highest BCUT2D eigenvalue weighted by atomic mass is 32.1. The number of nitrogens with one attached hydrogen (secondary N) is 1. The van der Waals surface area contributed by atoms with Crippen molar-refractivity contribution < 1.29 is 4.74 Å². The molecule has 0 aliphatic carbocycles. The number of benzene rings is 1. The summed E-state index contributed by atoms with van der Waals surface area (Å²) >= 11 is 1.82. The van der Waals surface area contributed by atoms with E-state index in [1.807, 2.05) is 48.7 Å². The molecule has 0 radical (unpaired) electrons. The molecule has 4 heteroatoms. The van der Waals surface area contributed by atoms with E-state index in [1.54, 1.807) is 6.20 Å². The molecule has 0 unspecified atom stereocenters. The summed E-state index contributed by atoms with van der Waals surface area (Å²) in [7, 11) is 1.97. The maximum Gasteiger partial charge on any atom is 0.129 e. The van der Waals surface area contributed by atoms with E-state index in [9.17, 15) is 0 Å². The van der Waals surface area contributed by atoms with E-state index in [4.69, 9.17) is 4.74 Å². The zero-order valence-corrected chi connectivity index (χ0v) is 13.0. The summed E-state index contributed by atoms with van der Waals surface area (Å²) in [5, 5.41) is 4.24. The molecule has 108 valence electrons. The van der Waals surface area contributed by atoms with Crippen LogP contribution in [0.3, 0.4) is 0 Å². The van der Waals surface area contributed by atoms with E-state index in [0.717, 1.165) is 23.2 Å². The number of hydrogen-bond acceptors (Lipinski definition) is 4. The largest absolute Gasteiger partial charge is 0.488 e. The summed E-state index contributed by atoms with van der Waals surface area (Å²) in [6, 6.07) is 12.2. The molecule has 0 fully saturated rings. The molecular weight excluding hydrogens is 280 g/mol. The molecule has 0 saturated heterocycles. The minimum atomic E-state index is 0.597. The first-order chi connectivity index (χ1) is 10.3. The SMILES string of the molecule is CNCc1cc(COc2cccc3ncccc23)c(C)s1. The molecule has 1 N–H and O–H groups in total. The van der Waals surface area contributed by atoms with Crippen LogP contribution in [0.1, 0.15) is 15.3 Å². The lowest BCUT2D eigenvalue weighted by atomic mass is 10.2. The Bertz CT molecular complexity index is 746. The van der Waals surface area contributed by atoms with E-state index in [-0.39, 0.29) is 0 Å². The Balaban J connectivity index is 1.80. The van der Waals surface area contributed by atoms with Gasteiger partial charge in [0.2, 0.25) is 0 Å². The van der Waals surface area contributed by atoms with Crippen molar-refractivity contribution in [3.63, 3.8) is 0 Å². The molecule has 1 aromatic carbocycles. The van der Waals surface area contributed by atoms with Crippen LogP contribution in [0.25, 0.3) is 10.9 Å². The Kier molecular flexibility index (Phi) is 4.18. The monoisotopic (exact) mass is 298 g/mol. The third kappa shape index (κ3) is 3.06. The van der Waals surface area contributed by atoms with Crippen LogP contribution in [-0.2, 0) is 13.2 Å². The average molecular weight is 298 g/mol. The zero-order chi connectivity index (χ0) is 14.7. The molecule has 2 aromatic heterocycles. The second kappa shape index (κ2) is 6.24. The fourth-order valence-electron chi connectivity index (χ4n) is 2.35. The Hall–Kier alpha value is -1.91. The lowest BCUT2D eigenvalue weighted by Crippen LogP contribution is -2.02. The molecule has 3 aromatic rings. The van der Waals surface area contributed by atoms with Crippen LogP contribution < -0.4 is 10.1 Å². The van der Waals surface area contributed by atoms with Gasteiger partial charge in [-0.2, -0.15) is 0 Å². The molecule has 3 nitrogen and oxygen atoms in total. The van der Waals surface area contributed by atoms with Gasteiger partial charge in [0.25, 0.3) is 0 Å². The second-order valence-corrected chi connectivity index (χ2v) is 6.28. The van der Waals surface area contributed by atoms with E-state index in [1.165, 1.54) is 15.3 Å². The Morgan fingerprint density at radius 2 is 2.14 bits per heavy atom. The number of hydrogen-bond donors (Lipinski definition) is 1. The van der Waals surface area contributed by atoms with E-state index in [0.29, 0.717) is 6.61 Å². The van der Waals surface area contributed by atoms with E-state index < -0.39 is 0 Å². The van der Waals surface area contributed by atoms with E-state index in [2.05, 4.69) is 23.3 Å². The number of rotatable bonds is 5. The van der Waals surface area contributed by atoms with Gasteiger partial charge in [0.05, 0.1) is 5.52 Å². The van der Waals surface area contributed by atoms with Crippen molar-refractivity contribution in [2.24, 2.45) is 0 Å². The summed E-state index contributed by atoms with van der Waals surface area (Å²) in [6.45, 7) is 3.65. The number of aromatic nitrogens is 1. The number of ether oxygens (including phenoxy) is 1. The first kappa shape index (κ1) is 14.0. The third-order valence-electron chi connectivity index (χ3n) is 3.41. The molecule has 0 atom stereocenters. The summed E-state index contributed by atoms with van der Waals surface area (Å²) in [6.07, 6.45) is 1.80. The van der Waals surface area contributed by atoms with Crippen molar-refractivity contribution in [2.45, 2.75) is 20.1 Å². The van der Waals surface area contributed by atoms with Gasteiger partial charge < -0.3 is 10.1 Å². The van der Waals surface area contributed by atoms with Crippen LogP contribution in [0.5, 0.6) is 5.75 Å². The fourth-order valence-corrected chi connectivity index (χ4v) is 3.41. The van der Waals surface area contributed by atoms with Crippen molar-refractivity contribution in [3.05, 3.63) is 57.9 Å². The second-order valence-electron chi connectivity index (χ2n) is 4.94. The van der Waals surface area contributed by atoms with Crippen LogP contribution in [0.2, 0.25) is 0 Å². The average Bonchev–Trinajstić information content (AvgIpc) is 2.85. The van der Waals surface area contributed by atoms with Gasteiger partial charge in [0, 0.05) is 33.4 Å². The van der Waals surface area contributed by atoms with Gasteiger partial charge >= 0.3 is 0 Å². The first-order valence-corrected chi connectivity index (χ1v) is 7.79. The van der Waals surface area contributed by atoms with Crippen molar-refractivity contribution in [2.75, 3.05) is 7.05 Å². The topological polar surface area (TPSA) is 34.1 Å². The van der Waals surface area contributed by atoms with Gasteiger partial charge in [-0.05, 0) is 44.3 Å². The number of pyridine rings is 1. The fraction of sp³-hybridized carbons (Fsp3) is 0.235. The lowest BCUT2D eigenvalue weighted by Gasteiger charge is -2.08. The predicted octanol–water partition coefficient (Wildman–Crippen LogP) is 3.90. The highest BCUT2D eigenvalue weighted by molar-refractivity contribution is 7.12. The molecule has 0 aliphatic rings. The van der Waals surface area contributed by atoms with Gasteiger partial charge in [0.15, 0.2) is 0 Å². The highest BCUT2D eigenvalue weighted by Gasteiger charge is 2.07. The quantitative estimate of drug-likeness (QED) is 0.775. The molecule has 2 heterocycles. The van der Waals surface area contributed by atoms with E-state index >= 15 is 0 Å². The van der Waals surface area contributed by atoms with Crippen molar-refractivity contribution in [1.82, 2.24) is 10.3 Å². The minimum absolute atomic E-state index is 0.597. The minimum Gasteiger partial charge on any atom is -0.488 e. The third-order valence-corrected chi connectivity index (χ3v) is 4.50.